The highest BCUT2D eigenvalue weighted by atomic mass is 16.3. The third-order valence-corrected chi connectivity index (χ3v) is 10.7. The molecule has 0 spiro atoms. The van der Waals surface area contributed by atoms with Crippen molar-refractivity contribution in [1.29, 1.82) is 0 Å². The van der Waals surface area contributed by atoms with E-state index in [9.17, 15) is 15.0 Å². The fourth-order valence-electron chi connectivity index (χ4n) is 9.13. The molecular formula is C27H47NO3. The van der Waals surface area contributed by atoms with Crippen LogP contribution in [-0.4, -0.2) is 34.4 Å². The van der Waals surface area contributed by atoms with E-state index in [1.165, 1.54) is 25.7 Å². The Morgan fingerprint density at radius 3 is 2.35 bits per heavy atom. The monoisotopic (exact) mass is 433 g/mol. The highest BCUT2D eigenvalue weighted by Gasteiger charge is 2.62. The van der Waals surface area contributed by atoms with Crippen LogP contribution in [0, 0.1) is 46.3 Å². The van der Waals surface area contributed by atoms with E-state index in [-0.39, 0.29) is 24.2 Å². The van der Waals surface area contributed by atoms with Gasteiger partial charge in [-0.3, -0.25) is 4.79 Å². The molecular weight excluding hydrogens is 386 g/mol. The molecule has 0 heterocycles. The lowest BCUT2D eigenvalue weighted by Crippen LogP contribution is -2.58. The van der Waals surface area contributed by atoms with E-state index in [2.05, 4.69) is 26.1 Å². The number of hydrogen-bond donors (Lipinski definition) is 3. The Morgan fingerprint density at radius 1 is 0.968 bits per heavy atom. The summed E-state index contributed by atoms with van der Waals surface area (Å²) in [5.41, 5.74) is 0.594. The number of aliphatic hydroxyl groups excluding tert-OH is 2. The van der Waals surface area contributed by atoms with Gasteiger partial charge in [-0.1, -0.05) is 20.8 Å². The van der Waals surface area contributed by atoms with Gasteiger partial charge in [0.25, 0.3) is 0 Å². The third-order valence-electron chi connectivity index (χ3n) is 10.7. The Morgan fingerprint density at radius 2 is 1.65 bits per heavy atom. The smallest absolute Gasteiger partial charge is 0.220 e. The van der Waals surface area contributed by atoms with Crippen LogP contribution in [0.1, 0.15) is 98.8 Å². The van der Waals surface area contributed by atoms with Crippen LogP contribution in [0.2, 0.25) is 0 Å². The molecule has 1 amide bonds. The lowest BCUT2D eigenvalue weighted by Gasteiger charge is -2.62. The number of nitrogens with one attached hydrogen (secondary N) is 1. The standard InChI is InChI=1S/C27H47NO3/c1-16(2)28-24(31)9-6-17(3)20-7-8-21-25-22(11-13-27(20,21)5)26(4)12-10-19(29)14-18(26)15-23(25)30/h16-23,25,29-30H,6-15H2,1-5H3,(H,28,31)/t17-,18+,19-,20-,21+,22+,23-,25+,26+,27-/m0/s1. The van der Waals surface area contributed by atoms with E-state index >= 15 is 0 Å². The second-order valence-electron chi connectivity index (χ2n) is 12.7. The molecule has 0 aliphatic heterocycles. The summed E-state index contributed by atoms with van der Waals surface area (Å²) in [7, 11) is 0. The molecule has 0 aromatic heterocycles. The van der Waals surface area contributed by atoms with Crippen LogP contribution in [0.15, 0.2) is 0 Å². The Hall–Kier alpha value is -0.610. The van der Waals surface area contributed by atoms with Crippen molar-refractivity contribution in [1.82, 2.24) is 5.32 Å². The minimum Gasteiger partial charge on any atom is -0.393 e. The van der Waals surface area contributed by atoms with Crippen molar-refractivity contribution in [3.8, 4) is 0 Å². The van der Waals surface area contributed by atoms with Gasteiger partial charge >= 0.3 is 0 Å². The van der Waals surface area contributed by atoms with E-state index in [1.54, 1.807) is 0 Å². The molecule has 31 heavy (non-hydrogen) atoms. The first kappa shape index (κ1) is 23.5. The van der Waals surface area contributed by atoms with E-state index in [4.69, 9.17) is 0 Å². The van der Waals surface area contributed by atoms with Crippen LogP contribution in [0.3, 0.4) is 0 Å². The Labute approximate surface area is 190 Å². The van der Waals surface area contributed by atoms with Crippen molar-refractivity contribution in [2.24, 2.45) is 46.3 Å². The van der Waals surface area contributed by atoms with Crippen LogP contribution in [0.4, 0.5) is 0 Å². The van der Waals surface area contributed by atoms with Gasteiger partial charge in [-0.25, -0.2) is 0 Å². The largest absolute Gasteiger partial charge is 0.393 e. The van der Waals surface area contributed by atoms with Gasteiger partial charge in [0.05, 0.1) is 12.2 Å². The van der Waals surface area contributed by atoms with Crippen molar-refractivity contribution in [2.75, 3.05) is 0 Å². The number of carbonyl (C=O) groups is 1. The number of carbonyl (C=O) groups excluding carboxylic acids is 1. The first-order chi connectivity index (χ1) is 14.6. The molecule has 0 bridgehead atoms. The lowest BCUT2D eigenvalue weighted by atomic mass is 9.43. The van der Waals surface area contributed by atoms with Gasteiger partial charge in [-0.2, -0.15) is 0 Å². The minimum absolute atomic E-state index is 0.166. The zero-order valence-corrected chi connectivity index (χ0v) is 20.6. The summed E-state index contributed by atoms with van der Waals surface area (Å²) in [5, 5.41) is 24.7. The molecule has 4 saturated carbocycles. The van der Waals surface area contributed by atoms with E-state index in [0.29, 0.717) is 52.8 Å². The zero-order valence-electron chi connectivity index (χ0n) is 20.6. The summed E-state index contributed by atoms with van der Waals surface area (Å²) in [6, 6.07) is 0.213. The molecule has 4 heteroatoms. The van der Waals surface area contributed by atoms with Gasteiger partial charge in [0.1, 0.15) is 0 Å². The van der Waals surface area contributed by atoms with Gasteiger partial charge in [-0.15, -0.1) is 0 Å². The zero-order chi connectivity index (χ0) is 22.6. The summed E-state index contributed by atoms with van der Waals surface area (Å²) in [6.45, 7) is 11.4. The fourth-order valence-corrected chi connectivity index (χ4v) is 9.13. The molecule has 0 aromatic carbocycles. The molecule has 0 radical (unpaired) electrons. The maximum Gasteiger partial charge on any atom is 0.220 e. The number of amides is 1. The molecule has 4 fully saturated rings. The maximum absolute atomic E-state index is 12.2. The van der Waals surface area contributed by atoms with Crippen LogP contribution in [0.25, 0.3) is 0 Å². The van der Waals surface area contributed by atoms with Crippen LogP contribution in [-0.2, 0) is 4.79 Å². The van der Waals surface area contributed by atoms with E-state index in [0.717, 1.165) is 32.1 Å². The number of rotatable bonds is 5. The lowest BCUT2D eigenvalue weighted by molar-refractivity contribution is -0.174. The van der Waals surface area contributed by atoms with Gasteiger partial charge < -0.3 is 15.5 Å². The summed E-state index contributed by atoms with van der Waals surface area (Å²) in [5.74, 6) is 3.53. The molecule has 3 N–H and O–H groups in total. The normalized spacial score (nSPS) is 47.9. The second kappa shape index (κ2) is 8.63. The molecule has 4 nitrogen and oxygen atoms in total. The Bertz CT molecular complexity index is 665. The number of aliphatic hydroxyl groups is 2. The van der Waals surface area contributed by atoms with Gasteiger partial charge in [0.15, 0.2) is 0 Å². The molecule has 4 aliphatic carbocycles. The van der Waals surface area contributed by atoms with Crippen LogP contribution >= 0.6 is 0 Å². The summed E-state index contributed by atoms with van der Waals surface area (Å²) in [6.07, 6.45) is 10.1. The predicted octanol–water partition coefficient (Wildman–Crippen LogP) is 4.92. The van der Waals surface area contributed by atoms with E-state index in [1.807, 2.05) is 13.8 Å². The highest BCUT2D eigenvalue weighted by Crippen LogP contribution is 2.68. The Balaban J connectivity index is 1.47. The molecule has 4 rings (SSSR count). The van der Waals surface area contributed by atoms with Crippen LogP contribution in [0.5, 0.6) is 0 Å². The first-order valence-corrected chi connectivity index (χ1v) is 13.2. The molecule has 4 aliphatic rings. The molecule has 0 unspecified atom stereocenters. The molecule has 0 saturated heterocycles. The van der Waals surface area contributed by atoms with Crippen LogP contribution < -0.4 is 5.32 Å². The summed E-state index contributed by atoms with van der Waals surface area (Å²) < 4.78 is 0. The van der Waals surface area contributed by atoms with Crippen molar-refractivity contribution >= 4 is 5.91 Å². The topological polar surface area (TPSA) is 69.6 Å². The average Bonchev–Trinajstić information content (AvgIpc) is 3.04. The van der Waals surface area contributed by atoms with E-state index < -0.39 is 0 Å². The SMILES string of the molecule is CC(C)NC(=O)CC[C@H](C)[C@@H]1CC[C@@H]2[C@@H]3[C@@H](CC[C@]21C)[C@]1(C)CC[C@H](O)C[C@@H]1C[C@@H]3O. The van der Waals surface area contributed by atoms with Crippen molar-refractivity contribution in [3.05, 3.63) is 0 Å². The van der Waals surface area contributed by atoms with Crippen molar-refractivity contribution in [2.45, 2.75) is 117 Å². The summed E-state index contributed by atoms with van der Waals surface area (Å²) >= 11 is 0. The summed E-state index contributed by atoms with van der Waals surface area (Å²) in [4.78, 5) is 12.2. The third kappa shape index (κ3) is 4.09. The number of fused-ring (bicyclic) bond motifs is 5. The van der Waals surface area contributed by atoms with Gasteiger partial charge in [0.2, 0.25) is 5.91 Å². The maximum atomic E-state index is 12.2. The first-order valence-electron chi connectivity index (χ1n) is 13.2. The fraction of sp³-hybridized carbons (Fsp3) is 0.963. The average molecular weight is 434 g/mol. The molecule has 10 atom stereocenters. The predicted molar refractivity (Wildman–Crippen MR) is 124 cm³/mol. The molecule has 178 valence electrons. The quantitative estimate of drug-likeness (QED) is 0.576. The number of hydrogen-bond acceptors (Lipinski definition) is 3. The van der Waals surface area contributed by atoms with Crippen molar-refractivity contribution in [3.63, 3.8) is 0 Å². The Kier molecular flexibility index (Phi) is 6.55. The minimum atomic E-state index is -0.205. The van der Waals surface area contributed by atoms with Gasteiger partial charge in [0, 0.05) is 12.5 Å². The van der Waals surface area contributed by atoms with Crippen molar-refractivity contribution < 1.29 is 15.0 Å². The second-order valence-corrected chi connectivity index (χ2v) is 12.7. The van der Waals surface area contributed by atoms with Gasteiger partial charge in [-0.05, 0) is 118 Å². The molecule has 0 aromatic rings. The highest BCUT2D eigenvalue weighted by molar-refractivity contribution is 5.76.